The molecule has 0 aliphatic carbocycles. The third-order valence-electron chi connectivity index (χ3n) is 4.00. The van der Waals surface area contributed by atoms with E-state index >= 15 is 0 Å². The number of rotatable bonds is 3. The van der Waals surface area contributed by atoms with E-state index in [0.717, 1.165) is 0 Å². The fraction of sp³-hybridized carbons (Fsp3) is 0.357. The van der Waals surface area contributed by atoms with Crippen LogP contribution in [-0.4, -0.2) is 70.8 Å². The lowest BCUT2D eigenvalue weighted by atomic mass is 10.2. The second-order valence-electron chi connectivity index (χ2n) is 5.30. The number of nitrogens with zero attached hydrogens (tertiary/aromatic N) is 4. The fourth-order valence-corrected chi connectivity index (χ4v) is 3.00. The van der Waals surface area contributed by atoms with Crippen LogP contribution in [0.2, 0.25) is 0 Å². The Morgan fingerprint density at radius 2 is 2.13 bits per heavy atom. The Morgan fingerprint density at radius 3 is 2.83 bits per heavy atom. The van der Waals surface area contributed by atoms with Crippen LogP contribution in [0.3, 0.4) is 0 Å². The smallest absolute Gasteiger partial charge is 0.323 e. The molecule has 2 aliphatic rings. The third kappa shape index (κ3) is 2.33. The molecule has 2 N–H and O–H groups in total. The number of hydrogen-bond acceptors (Lipinski definition) is 5. The van der Waals surface area contributed by atoms with Crippen LogP contribution in [0.4, 0.5) is 4.79 Å². The molecular formula is C14H17N5O3S. The van der Waals surface area contributed by atoms with Gasteiger partial charge in [-0.2, -0.15) is 5.10 Å². The summed E-state index contributed by atoms with van der Waals surface area (Å²) in [5, 5.41) is 19.5. The zero-order chi connectivity index (χ0) is 16.7. The zero-order valence-electron chi connectivity index (χ0n) is 12.9. The summed E-state index contributed by atoms with van der Waals surface area (Å²) in [7, 11) is 4.89. The number of nitrogens with one attached hydrogen (secondary N) is 1. The van der Waals surface area contributed by atoms with E-state index in [0.29, 0.717) is 16.4 Å². The van der Waals surface area contributed by atoms with Crippen LogP contribution in [-0.2, 0) is 0 Å². The number of phenols is 1. The molecule has 2 aliphatic heterocycles. The molecule has 2 heterocycles. The fourth-order valence-electron chi connectivity index (χ4n) is 2.73. The van der Waals surface area contributed by atoms with Crippen molar-refractivity contribution in [1.29, 1.82) is 0 Å². The molecule has 9 heteroatoms. The highest BCUT2D eigenvalue weighted by atomic mass is 32.1. The van der Waals surface area contributed by atoms with Crippen molar-refractivity contribution in [1.82, 2.24) is 20.1 Å². The number of hydrogen-bond donors (Lipinski definition) is 2. The highest BCUT2D eigenvalue weighted by Crippen LogP contribution is 2.29. The van der Waals surface area contributed by atoms with Crippen molar-refractivity contribution in [2.45, 2.75) is 12.3 Å². The van der Waals surface area contributed by atoms with Crippen LogP contribution in [0.1, 0.15) is 5.56 Å². The Balaban J connectivity index is 1.88. The first-order valence-electron chi connectivity index (χ1n) is 6.95. The summed E-state index contributed by atoms with van der Waals surface area (Å²) in [6.45, 7) is 0. The number of para-hydroxylation sites is 1. The summed E-state index contributed by atoms with van der Waals surface area (Å²) in [5.41, 5.74) is 0.496. The average Bonchev–Trinajstić information content (AvgIpc) is 2.97. The molecule has 0 radical (unpaired) electrons. The van der Waals surface area contributed by atoms with Gasteiger partial charge in [-0.15, -0.1) is 0 Å². The van der Waals surface area contributed by atoms with E-state index in [4.69, 9.17) is 17.0 Å². The molecule has 1 aromatic carbocycles. The van der Waals surface area contributed by atoms with Gasteiger partial charge < -0.3 is 25.0 Å². The van der Waals surface area contributed by atoms with Crippen LogP contribution >= 0.6 is 12.2 Å². The van der Waals surface area contributed by atoms with Crippen LogP contribution in [0.15, 0.2) is 23.3 Å². The number of carbonyl (C=O) groups is 1. The molecule has 2 amide bonds. The highest BCUT2D eigenvalue weighted by molar-refractivity contribution is 7.80. The van der Waals surface area contributed by atoms with Crippen molar-refractivity contribution in [3.63, 3.8) is 0 Å². The number of methoxy groups -OCH3 is 1. The molecule has 3 rings (SSSR count). The number of carbonyl (C=O) groups excluding carboxylic acids is 1. The predicted octanol–water partition coefficient (Wildman–Crippen LogP) is 0.574. The topological polar surface area (TPSA) is 80.6 Å². The maximum absolute atomic E-state index is 12.0. The van der Waals surface area contributed by atoms with Crippen molar-refractivity contribution in [3.8, 4) is 11.5 Å². The van der Waals surface area contributed by atoms with E-state index < -0.39 is 0 Å². The van der Waals surface area contributed by atoms with E-state index in [-0.39, 0.29) is 24.1 Å². The van der Waals surface area contributed by atoms with Gasteiger partial charge in [-0.25, -0.2) is 9.80 Å². The minimum Gasteiger partial charge on any atom is -0.504 e. The van der Waals surface area contributed by atoms with Crippen molar-refractivity contribution in [2.75, 3.05) is 21.2 Å². The number of thiocarbonyl (C=S) groups is 1. The second-order valence-corrected chi connectivity index (χ2v) is 5.69. The monoisotopic (exact) mass is 335 g/mol. The molecule has 2 unspecified atom stereocenters. The molecule has 8 nitrogen and oxygen atoms in total. The number of phenolic OH excluding ortho intramolecular Hbond substituents is 1. The summed E-state index contributed by atoms with van der Waals surface area (Å²) in [4.78, 5) is 15.2. The maximum Gasteiger partial charge on any atom is 0.323 e. The first-order valence-corrected chi connectivity index (χ1v) is 7.36. The molecule has 0 aromatic heterocycles. The predicted molar refractivity (Wildman–Crippen MR) is 88.3 cm³/mol. The van der Waals surface area contributed by atoms with Crippen LogP contribution in [0.25, 0.3) is 0 Å². The molecule has 0 bridgehead atoms. The lowest BCUT2D eigenvalue weighted by Crippen LogP contribution is -2.41. The van der Waals surface area contributed by atoms with Gasteiger partial charge >= 0.3 is 6.03 Å². The van der Waals surface area contributed by atoms with E-state index in [2.05, 4.69) is 10.4 Å². The molecular weight excluding hydrogens is 318 g/mol. The lowest BCUT2D eigenvalue weighted by molar-refractivity contribution is 0.174. The van der Waals surface area contributed by atoms with Crippen molar-refractivity contribution in [3.05, 3.63) is 23.8 Å². The number of likely N-dealkylation sites (N-methyl/N-ethyl adjacent to an activating group) is 2. The van der Waals surface area contributed by atoms with Crippen LogP contribution in [0, 0.1) is 0 Å². The van der Waals surface area contributed by atoms with Gasteiger partial charge in [0.2, 0.25) is 0 Å². The second kappa shape index (κ2) is 5.58. The largest absolute Gasteiger partial charge is 0.504 e. The van der Waals surface area contributed by atoms with E-state index in [1.54, 1.807) is 47.1 Å². The van der Waals surface area contributed by atoms with E-state index in [1.165, 1.54) is 13.3 Å². The van der Waals surface area contributed by atoms with Gasteiger partial charge in [0.1, 0.15) is 6.17 Å². The molecule has 23 heavy (non-hydrogen) atoms. The number of fused-ring (bicyclic) bond motifs is 1. The van der Waals surface area contributed by atoms with Crippen LogP contribution < -0.4 is 10.1 Å². The Bertz CT molecular complexity index is 695. The summed E-state index contributed by atoms with van der Waals surface area (Å²) in [6.07, 6.45) is 0.908. The molecule has 0 saturated carbocycles. The number of ether oxygens (including phenoxy) is 1. The molecule has 0 spiro atoms. The molecule has 2 fully saturated rings. The number of hydrazone groups is 1. The van der Waals surface area contributed by atoms with Gasteiger partial charge in [-0.1, -0.05) is 6.07 Å². The lowest BCUT2D eigenvalue weighted by Gasteiger charge is -2.23. The SMILES string of the molecule is COc1cccc(C=NN2C(=S)NC3C2N(C)C(=O)N3C)c1O. The van der Waals surface area contributed by atoms with Gasteiger partial charge in [-0.3, -0.25) is 0 Å². The van der Waals surface area contributed by atoms with Crippen molar-refractivity contribution >= 4 is 29.6 Å². The molecule has 2 saturated heterocycles. The Labute approximate surface area is 138 Å². The summed E-state index contributed by atoms with van der Waals surface area (Å²) in [5.74, 6) is 0.364. The first-order chi connectivity index (χ1) is 11.0. The molecule has 122 valence electrons. The van der Waals surface area contributed by atoms with Gasteiger partial charge in [0.05, 0.1) is 13.3 Å². The molecule has 1 aromatic rings. The van der Waals surface area contributed by atoms with Gasteiger partial charge in [0.25, 0.3) is 0 Å². The number of benzene rings is 1. The number of aromatic hydroxyl groups is 1. The quantitative estimate of drug-likeness (QED) is 0.621. The normalized spacial score (nSPS) is 23.7. The average molecular weight is 335 g/mol. The van der Waals surface area contributed by atoms with Gasteiger partial charge in [0.15, 0.2) is 22.8 Å². The minimum absolute atomic E-state index is 0.00125. The standard InChI is InChI=1S/C14H17N5O3S/c1-17-11-12(18(2)14(17)21)19(13(23)16-11)15-7-8-5-4-6-9(22-3)10(8)20/h4-7,11-12,20H,1-3H3,(H,16,23). The zero-order valence-corrected chi connectivity index (χ0v) is 13.7. The van der Waals surface area contributed by atoms with Crippen molar-refractivity contribution < 1.29 is 14.6 Å². The summed E-state index contributed by atoms with van der Waals surface area (Å²) < 4.78 is 5.07. The minimum atomic E-state index is -0.330. The third-order valence-corrected chi connectivity index (χ3v) is 4.31. The van der Waals surface area contributed by atoms with Crippen LogP contribution in [0.5, 0.6) is 11.5 Å². The van der Waals surface area contributed by atoms with E-state index in [9.17, 15) is 9.90 Å². The van der Waals surface area contributed by atoms with Gasteiger partial charge in [-0.05, 0) is 24.4 Å². The Morgan fingerprint density at radius 1 is 1.39 bits per heavy atom. The summed E-state index contributed by atoms with van der Waals surface area (Å²) in [6, 6.07) is 5.01. The Hall–Kier alpha value is -2.55. The van der Waals surface area contributed by atoms with Crippen molar-refractivity contribution in [2.24, 2.45) is 5.10 Å². The van der Waals surface area contributed by atoms with Gasteiger partial charge in [0, 0.05) is 19.7 Å². The number of amides is 2. The number of urea groups is 1. The molecule has 2 atom stereocenters. The van der Waals surface area contributed by atoms with E-state index in [1.807, 2.05) is 0 Å². The Kier molecular flexibility index (Phi) is 3.72. The highest BCUT2D eigenvalue weighted by Gasteiger charge is 2.51. The summed E-state index contributed by atoms with van der Waals surface area (Å²) >= 11 is 5.29. The first kappa shape index (κ1) is 15.3. The maximum atomic E-state index is 12.0.